The summed E-state index contributed by atoms with van der Waals surface area (Å²) in [5.41, 5.74) is 0. The second kappa shape index (κ2) is 5.76. The van der Waals surface area contributed by atoms with E-state index in [4.69, 9.17) is 4.74 Å². The minimum atomic E-state index is -0.235. The number of ketones is 1. The third kappa shape index (κ3) is 3.37. The molecule has 2 rings (SSSR count). The molecule has 0 spiro atoms. The zero-order valence-corrected chi connectivity index (χ0v) is 11.3. The number of ether oxygens (including phenoxy) is 1. The minimum absolute atomic E-state index is 0.209. The van der Waals surface area contributed by atoms with Gasteiger partial charge in [-0.05, 0) is 25.6 Å². The number of thiophene rings is 1. The zero-order valence-electron chi connectivity index (χ0n) is 10.4. The molecule has 1 aliphatic rings. The van der Waals surface area contributed by atoms with E-state index >= 15 is 0 Å². The van der Waals surface area contributed by atoms with E-state index in [0.717, 1.165) is 24.4 Å². The van der Waals surface area contributed by atoms with Crippen molar-refractivity contribution in [1.82, 2.24) is 4.90 Å². The molecule has 3 nitrogen and oxygen atoms in total. The Kier molecular flexibility index (Phi) is 4.31. The standard InChI is InChI=1S/C13H19NO2S/c1-3-10-4-5-11(17-10)8-12(15)13-9-14(2)6-7-16-13/h4-5,13H,3,6-9H2,1-2H3. The van der Waals surface area contributed by atoms with E-state index in [1.165, 1.54) is 4.88 Å². The van der Waals surface area contributed by atoms with Gasteiger partial charge in [0.2, 0.25) is 0 Å². The van der Waals surface area contributed by atoms with Gasteiger partial charge in [0.05, 0.1) is 6.61 Å². The van der Waals surface area contributed by atoms with Crippen LogP contribution >= 0.6 is 11.3 Å². The van der Waals surface area contributed by atoms with Crippen molar-refractivity contribution >= 4 is 17.1 Å². The SMILES string of the molecule is CCc1ccc(CC(=O)C2CN(C)CCO2)s1. The van der Waals surface area contributed by atoms with Crippen LogP contribution in [0.15, 0.2) is 12.1 Å². The van der Waals surface area contributed by atoms with E-state index in [9.17, 15) is 4.79 Å². The van der Waals surface area contributed by atoms with Gasteiger partial charge in [-0.2, -0.15) is 0 Å². The van der Waals surface area contributed by atoms with Gasteiger partial charge in [-0.15, -0.1) is 11.3 Å². The Hall–Kier alpha value is -0.710. The van der Waals surface area contributed by atoms with E-state index in [1.807, 2.05) is 7.05 Å². The Morgan fingerprint density at radius 2 is 2.29 bits per heavy atom. The largest absolute Gasteiger partial charge is 0.368 e. The summed E-state index contributed by atoms with van der Waals surface area (Å²) in [5.74, 6) is 0.209. The number of rotatable bonds is 4. The van der Waals surface area contributed by atoms with E-state index in [1.54, 1.807) is 11.3 Å². The van der Waals surface area contributed by atoms with Crippen LogP contribution in [0.3, 0.4) is 0 Å². The third-order valence-corrected chi connectivity index (χ3v) is 4.27. The predicted molar refractivity (Wildman–Crippen MR) is 69.6 cm³/mol. The van der Waals surface area contributed by atoms with E-state index in [0.29, 0.717) is 13.0 Å². The summed E-state index contributed by atoms with van der Waals surface area (Å²) in [5, 5.41) is 0. The van der Waals surface area contributed by atoms with Gasteiger partial charge in [-0.25, -0.2) is 0 Å². The molecule has 0 saturated carbocycles. The molecule has 0 radical (unpaired) electrons. The maximum absolute atomic E-state index is 12.1. The van der Waals surface area contributed by atoms with Gasteiger partial charge in [0.1, 0.15) is 6.10 Å². The van der Waals surface area contributed by atoms with E-state index < -0.39 is 0 Å². The highest BCUT2D eigenvalue weighted by molar-refractivity contribution is 7.12. The zero-order chi connectivity index (χ0) is 12.3. The van der Waals surface area contributed by atoms with Gasteiger partial charge < -0.3 is 9.64 Å². The van der Waals surface area contributed by atoms with Crippen LogP contribution in [0.25, 0.3) is 0 Å². The van der Waals surface area contributed by atoms with Crippen molar-refractivity contribution < 1.29 is 9.53 Å². The van der Waals surface area contributed by atoms with Crippen LogP contribution in [0.2, 0.25) is 0 Å². The Morgan fingerprint density at radius 3 is 2.94 bits per heavy atom. The monoisotopic (exact) mass is 253 g/mol. The molecule has 1 atom stereocenters. The lowest BCUT2D eigenvalue weighted by Gasteiger charge is -2.28. The highest BCUT2D eigenvalue weighted by Crippen LogP contribution is 2.19. The lowest BCUT2D eigenvalue weighted by atomic mass is 10.1. The van der Waals surface area contributed by atoms with Crippen LogP contribution in [0.1, 0.15) is 16.7 Å². The number of morpholine rings is 1. The van der Waals surface area contributed by atoms with Crippen LogP contribution in [-0.4, -0.2) is 43.5 Å². The lowest BCUT2D eigenvalue weighted by molar-refractivity contribution is -0.134. The molecule has 2 heterocycles. The molecule has 1 saturated heterocycles. The topological polar surface area (TPSA) is 29.5 Å². The average molecular weight is 253 g/mol. The van der Waals surface area contributed by atoms with Gasteiger partial charge in [0.15, 0.2) is 5.78 Å². The first-order valence-corrected chi connectivity index (χ1v) is 6.91. The summed E-state index contributed by atoms with van der Waals surface area (Å²) in [6, 6.07) is 4.18. The second-order valence-electron chi connectivity index (χ2n) is 4.49. The number of hydrogen-bond acceptors (Lipinski definition) is 4. The molecule has 0 amide bonds. The van der Waals surface area contributed by atoms with Crippen molar-refractivity contribution in [1.29, 1.82) is 0 Å². The average Bonchev–Trinajstić information content (AvgIpc) is 2.77. The van der Waals surface area contributed by atoms with E-state index in [2.05, 4.69) is 24.0 Å². The number of carbonyl (C=O) groups excluding carboxylic acids is 1. The van der Waals surface area contributed by atoms with Crippen molar-refractivity contribution in [3.63, 3.8) is 0 Å². The van der Waals surface area contributed by atoms with Gasteiger partial charge in [0, 0.05) is 29.3 Å². The predicted octanol–water partition coefficient (Wildman–Crippen LogP) is 1.75. The van der Waals surface area contributed by atoms with Crippen molar-refractivity contribution in [2.75, 3.05) is 26.7 Å². The molecule has 0 N–H and O–H groups in total. The molecular formula is C13H19NO2S. The molecular weight excluding hydrogens is 234 g/mol. The smallest absolute Gasteiger partial charge is 0.168 e. The van der Waals surface area contributed by atoms with Crippen LogP contribution in [0, 0.1) is 0 Å². The molecule has 4 heteroatoms. The number of Topliss-reactive ketones (excluding diaryl/α,β-unsaturated/α-hetero) is 1. The van der Waals surface area contributed by atoms with Crippen molar-refractivity contribution in [2.24, 2.45) is 0 Å². The first-order valence-electron chi connectivity index (χ1n) is 6.09. The molecule has 0 aromatic carbocycles. The molecule has 0 bridgehead atoms. The van der Waals surface area contributed by atoms with Gasteiger partial charge in [0.25, 0.3) is 0 Å². The molecule has 94 valence electrons. The van der Waals surface area contributed by atoms with Crippen LogP contribution in [-0.2, 0) is 22.4 Å². The molecule has 1 aromatic rings. The Labute approximate surface area is 106 Å². The Bertz CT molecular complexity index is 389. The molecule has 0 aliphatic carbocycles. The summed E-state index contributed by atoms with van der Waals surface area (Å²) in [6.07, 6.45) is 1.32. The molecule has 17 heavy (non-hydrogen) atoms. The highest BCUT2D eigenvalue weighted by atomic mass is 32.1. The van der Waals surface area contributed by atoms with Crippen molar-refractivity contribution in [3.05, 3.63) is 21.9 Å². The van der Waals surface area contributed by atoms with Gasteiger partial charge in [-0.1, -0.05) is 6.92 Å². The number of nitrogens with zero attached hydrogens (tertiary/aromatic N) is 1. The quantitative estimate of drug-likeness (QED) is 0.819. The fourth-order valence-electron chi connectivity index (χ4n) is 1.97. The normalized spacial score (nSPS) is 21.6. The van der Waals surface area contributed by atoms with Crippen LogP contribution < -0.4 is 0 Å². The number of likely N-dealkylation sites (N-methyl/N-ethyl adjacent to an activating group) is 1. The molecule has 1 fully saturated rings. The second-order valence-corrected chi connectivity index (χ2v) is 5.74. The van der Waals surface area contributed by atoms with Crippen molar-refractivity contribution in [3.8, 4) is 0 Å². The lowest BCUT2D eigenvalue weighted by Crippen LogP contribution is -2.44. The van der Waals surface area contributed by atoms with E-state index in [-0.39, 0.29) is 11.9 Å². The van der Waals surface area contributed by atoms with Gasteiger partial charge in [-0.3, -0.25) is 4.79 Å². The number of hydrogen-bond donors (Lipinski definition) is 0. The molecule has 1 aromatic heterocycles. The Balaban J connectivity index is 1.91. The van der Waals surface area contributed by atoms with Crippen molar-refractivity contribution in [2.45, 2.75) is 25.9 Å². The number of carbonyl (C=O) groups is 1. The first-order chi connectivity index (χ1) is 8.19. The first kappa shape index (κ1) is 12.7. The molecule has 1 aliphatic heterocycles. The summed E-state index contributed by atoms with van der Waals surface area (Å²) in [4.78, 5) is 16.7. The fraction of sp³-hybridized carbons (Fsp3) is 0.615. The summed E-state index contributed by atoms with van der Waals surface area (Å²) < 4.78 is 5.53. The third-order valence-electron chi connectivity index (χ3n) is 3.04. The maximum atomic E-state index is 12.1. The van der Waals surface area contributed by atoms with Crippen LogP contribution in [0.4, 0.5) is 0 Å². The van der Waals surface area contributed by atoms with Crippen LogP contribution in [0.5, 0.6) is 0 Å². The molecule has 1 unspecified atom stereocenters. The summed E-state index contributed by atoms with van der Waals surface area (Å²) in [6.45, 7) is 4.45. The number of aryl methyl sites for hydroxylation is 1. The maximum Gasteiger partial charge on any atom is 0.168 e. The van der Waals surface area contributed by atoms with Gasteiger partial charge >= 0.3 is 0 Å². The minimum Gasteiger partial charge on any atom is -0.368 e. The fourth-order valence-corrected chi connectivity index (χ4v) is 2.93. The summed E-state index contributed by atoms with van der Waals surface area (Å²) >= 11 is 1.74. The highest BCUT2D eigenvalue weighted by Gasteiger charge is 2.24. The summed E-state index contributed by atoms with van der Waals surface area (Å²) in [7, 11) is 2.03. The Morgan fingerprint density at radius 1 is 1.53 bits per heavy atom.